The van der Waals surface area contributed by atoms with E-state index in [-0.39, 0.29) is 17.0 Å². The third kappa shape index (κ3) is 4.70. The number of benzene rings is 2. The molecule has 22 heavy (non-hydrogen) atoms. The largest absolute Gasteiger partial charge is 0.272 e. The summed E-state index contributed by atoms with van der Waals surface area (Å²) < 4.78 is 12.9. The highest BCUT2D eigenvalue weighted by atomic mass is 32.2. The van der Waals surface area contributed by atoms with Crippen molar-refractivity contribution in [3.8, 4) is 0 Å². The van der Waals surface area contributed by atoms with Crippen LogP contribution in [0, 0.1) is 5.82 Å². The molecular weight excluding hydrogens is 299 g/mol. The fraction of sp³-hybridized carbons (Fsp3) is 0.176. The molecule has 1 amide bonds. The number of carbonyl (C=O) groups excluding carboxylic acids is 1. The van der Waals surface area contributed by atoms with Crippen molar-refractivity contribution in [1.29, 1.82) is 0 Å². The third-order valence-corrected chi connectivity index (χ3v) is 4.13. The van der Waals surface area contributed by atoms with Crippen LogP contribution >= 0.6 is 11.8 Å². The summed E-state index contributed by atoms with van der Waals surface area (Å²) in [5.41, 5.74) is 3.95. The molecule has 0 aliphatic carbocycles. The molecule has 3 nitrogen and oxygen atoms in total. The Hall–Kier alpha value is -2.14. The first-order valence-electron chi connectivity index (χ1n) is 6.88. The van der Waals surface area contributed by atoms with E-state index in [0.29, 0.717) is 5.71 Å². The molecular formula is C17H17FN2OS. The first kappa shape index (κ1) is 16.2. The van der Waals surface area contributed by atoms with E-state index in [2.05, 4.69) is 10.5 Å². The number of nitrogens with zero attached hydrogens (tertiary/aromatic N) is 1. The van der Waals surface area contributed by atoms with Crippen LogP contribution in [0.1, 0.15) is 19.4 Å². The van der Waals surface area contributed by atoms with Gasteiger partial charge in [0.2, 0.25) is 0 Å². The smallest absolute Gasteiger partial charge is 0.253 e. The molecule has 0 unspecified atom stereocenters. The van der Waals surface area contributed by atoms with Crippen molar-refractivity contribution < 1.29 is 9.18 Å². The van der Waals surface area contributed by atoms with Gasteiger partial charge in [0.25, 0.3) is 5.91 Å². The minimum absolute atomic E-state index is 0.171. The first-order chi connectivity index (χ1) is 10.6. The summed E-state index contributed by atoms with van der Waals surface area (Å²) in [6.07, 6.45) is 0. The van der Waals surface area contributed by atoms with Crippen molar-refractivity contribution in [3.63, 3.8) is 0 Å². The topological polar surface area (TPSA) is 41.5 Å². The van der Waals surface area contributed by atoms with Gasteiger partial charge in [-0.1, -0.05) is 30.3 Å². The Morgan fingerprint density at radius 2 is 1.77 bits per heavy atom. The zero-order chi connectivity index (χ0) is 15.9. The van der Waals surface area contributed by atoms with Crippen LogP contribution in [0.4, 0.5) is 4.39 Å². The van der Waals surface area contributed by atoms with Crippen LogP contribution in [0.3, 0.4) is 0 Å². The third-order valence-electron chi connectivity index (χ3n) is 3.02. The van der Waals surface area contributed by atoms with Gasteiger partial charge in [0.15, 0.2) is 0 Å². The van der Waals surface area contributed by atoms with Gasteiger partial charge in [0.1, 0.15) is 5.82 Å². The second-order valence-corrected chi connectivity index (χ2v) is 6.17. The Bertz CT molecular complexity index is 656. The SMILES string of the molecule is C/C(=N/NC(=O)[C@@H](C)Sc1ccccc1)c1ccc(F)cc1. The van der Waals surface area contributed by atoms with Crippen LogP contribution in [0.15, 0.2) is 64.6 Å². The number of halogens is 1. The number of rotatable bonds is 5. The quantitative estimate of drug-likeness (QED) is 0.517. The minimum atomic E-state index is -0.298. The van der Waals surface area contributed by atoms with Gasteiger partial charge >= 0.3 is 0 Å². The number of carbonyl (C=O) groups is 1. The molecule has 2 rings (SSSR count). The van der Waals surface area contributed by atoms with Crippen molar-refractivity contribution >= 4 is 23.4 Å². The number of amides is 1. The lowest BCUT2D eigenvalue weighted by molar-refractivity contribution is -0.120. The Balaban J connectivity index is 1.93. The lowest BCUT2D eigenvalue weighted by atomic mass is 10.1. The van der Waals surface area contributed by atoms with E-state index >= 15 is 0 Å². The van der Waals surface area contributed by atoms with E-state index in [9.17, 15) is 9.18 Å². The van der Waals surface area contributed by atoms with Gasteiger partial charge in [0, 0.05) is 4.90 Å². The number of hydrogen-bond donors (Lipinski definition) is 1. The summed E-state index contributed by atoms with van der Waals surface area (Å²) in [5.74, 6) is -0.469. The van der Waals surface area contributed by atoms with E-state index in [4.69, 9.17) is 0 Å². The highest BCUT2D eigenvalue weighted by molar-refractivity contribution is 8.00. The van der Waals surface area contributed by atoms with Crippen molar-refractivity contribution in [1.82, 2.24) is 5.43 Å². The molecule has 0 radical (unpaired) electrons. The van der Waals surface area contributed by atoms with Gasteiger partial charge in [-0.05, 0) is 43.7 Å². The van der Waals surface area contributed by atoms with Crippen LogP contribution in [0.2, 0.25) is 0 Å². The van der Waals surface area contributed by atoms with Gasteiger partial charge < -0.3 is 0 Å². The first-order valence-corrected chi connectivity index (χ1v) is 7.76. The van der Waals surface area contributed by atoms with Crippen molar-refractivity contribution in [3.05, 3.63) is 66.0 Å². The number of thioether (sulfide) groups is 1. The monoisotopic (exact) mass is 316 g/mol. The van der Waals surface area contributed by atoms with E-state index in [0.717, 1.165) is 10.5 Å². The summed E-state index contributed by atoms with van der Waals surface area (Å²) in [7, 11) is 0. The molecule has 0 saturated heterocycles. The summed E-state index contributed by atoms with van der Waals surface area (Å²) >= 11 is 1.47. The fourth-order valence-corrected chi connectivity index (χ4v) is 2.62. The second-order valence-electron chi connectivity index (χ2n) is 4.75. The summed E-state index contributed by atoms with van der Waals surface area (Å²) in [6, 6.07) is 15.7. The molecule has 0 fully saturated rings. The predicted molar refractivity (Wildman–Crippen MR) is 88.5 cm³/mol. The van der Waals surface area contributed by atoms with Crippen molar-refractivity contribution in [2.75, 3.05) is 0 Å². The predicted octanol–water partition coefficient (Wildman–Crippen LogP) is 3.85. The Labute approximate surface area is 133 Å². The lowest BCUT2D eigenvalue weighted by Gasteiger charge is -2.10. The molecule has 114 valence electrons. The number of hydrogen-bond acceptors (Lipinski definition) is 3. The molecule has 0 saturated carbocycles. The van der Waals surface area contributed by atoms with Crippen molar-refractivity contribution in [2.45, 2.75) is 24.0 Å². The average molecular weight is 316 g/mol. The molecule has 0 spiro atoms. The van der Waals surface area contributed by atoms with Crippen LogP contribution < -0.4 is 5.43 Å². The maximum atomic E-state index is 12.9. The maximum Gasteiger partial charge on any atom is 0.253 e. The Morgan fingerprint density at radius 3 is 2.41 bits per heavy atom. The highest BCUT2D eigenvalue weighted by Crippen LogP contribution is 2.22. The van der Waals surface area contributed by atoms with Crippen LogP contribution in [0.5, 0.6) is 0 Å². The fourth-order valence-electron chi connectivity index (χ4n) is 1.74. The normalized spacial score (nSPS) is 12.8. The molecule has 2 aromatic carbocycles. The Morgan fingerprint density at radius 1 is 1.14 bits per heavy atom. The molecule has 0 aliphatic heterocycles. The standard InChI is InChI=1S/C17H17FN2OS/c1-12(14-8-10-15(18)11-9-14)19-20-17(21)13(2)22-16-6-4-3-5-7-16/h3-11,13H,1-2H3,(H,20,21)/b19-12-/t13-/m1/s1. The highest BCUT2D eigenvalue weighted by Gasteiger charge is 2.13. The van der Waals surface area contributed by atoms with E-state index < -0.39 is 0 Å². The molecule has 0 aromatic heterocycles. The van der Waals surface area contributed by atoms with Crippen LogP contribution in [-0.2, 0) is 4.79 Å². The maximum absolute atomic E-state index is 12.9. The van der Waals surface area contributed by atoms with Gasteiger partial charge in [-0.3, -0.25) is 4.79 Å². The lowest BCUT2D eigenvalue weighted by Crippen LogP contribution is -2.27. The molecule has 0 aliphatic rings. The number of hydrazone groups is 1. The van der Waals surface area contributed by atoms with Gasteiger partial charge in [-0.25, -0.2) is 9.82 Å². The summed E-state index contributed by atoms with van der Waals surface area (Å²) in [6.45, 7) is 3.60. The molecule has 2 aromatic rings. The summed E-state index contributed by atoms with van der Waals surface area (Å²) in [4.78, 5) is 13.1. The summed E-state index contributed by atoms with van der Waals surface area (Å²) in [5, 5.41) is 3.81. The van der Waals surface area contributed by atoms with Crippen LogP contribution in [-0.4, -0.2) is 16.9 Å². The van der Waals surface area contributed by atoms with Gasteiger partial charge in [-0.15, -0.1) is 11.8 Å². The van der Waals surface area contributed by atoms with Crippen LogP contribution in [0.25, 0.3) is 0 Å². The molecule has 0 bridgehead atoms. The Kier molecular flexibility index (Phi) is 5.72. The van der Waals surface area contributed by atoms with E-state index in [1.165, 1.54) is 23.9 Å². The minimum Gasteiger partial charge on any atom is -0.272 e. The van der Waals surface area contributed by atoms with E-state index in [1.807, 2.05) is 37.3 Å². The average Bonchev–Trinajstić information content (AvgIpc) is 2.53. The second kappa shape index (κ2) is 7.75. The number of nitrogens with one attached hydrogen (secondary N) is 1. The van der Waals surface area contributed by atoms with E-state index in [1.54, 1.807) is 19.1 Å². The molecule has 5 heteroatoms. The zero-order valence-corrected chi connectivity index (χ0v) is 13.2. The molecule has 1 N–H and O–H groups in total. The molecule has 1 atom stereocenters. The molecule has 0 heterocycles. The van der Waals surface area contributed by atoms with Crippen molar-refractivity contribution in [2.24, 2.45) is 5.10 Å². The zero-order valence-electron chi connectivity index (χ0n) is 12.4. The van der Waals surface area contributed by atoms with Gasteiger partial charge in [-0.2, -0.15) is 5.10 Å². The van der Waals surface area contributed by atoms with Gasteiger partial charge in [0.05, 0.1) is 11.0 Å².